The van der Waals surface area contributed by atoms with E-state index in [1.807, 2.05) is 6.07 Å². The molecule has 1 aromatic rings. The van der Waals surface area contributed by atoms with Crippen molar-refractivity contribution < 1.29 is 9.47 Å². The highest BCUT2D eigenvalue weighted by molar-refractivity contribution is 9.10. The van der Waals surface area contributed by atoms with Crippen LogP contribution in [0.3, 0.4) is 0 Å². The summed E-state index contributed by atoms with van der Waals surface area (Å²) in [6.07, 6.45) is 1.93. The first-order chi connectivity index (χ1) is 7.54. The first-order valence-corrected chi connectivity index (χ1v) is 6.41. The van der Waals surface area contributed by atoms with Crippen molar-refractivity contribution in [1.82, 2.24) is 0 Å². The number of benzene rings is 1. The zero-order valence-corrected chi connectivity index (χ0v) is 11.3. The topological polar surface area (TPSA) is 18.5 Å². The Kier molecular flexibility index (Phi) is 3.43. The van der Waals surface area contributed by atoms with Crippen molar-refractivity contribution in [1.29, 1.82) is 0 Å². The second-order valence-electron chi connectivity index (χ2n) is 4.73. The maximum absolute atomic E-state index is 5.66. The van der Waals surface area contributed by atoms with Gasteiger partial charge in [-0.1, -0.05) is 22.0 Å². The highest BCUT2D eigenvalue weighted by Gasteiger charge is 2.16. The molecular formula is C13H17BrO2. The summed E-state index contributed by atoms with van der Waals surface area (Å²) >= 11 is 3.65. The fraction of sp³-hybridized carbons (Fsp3) is 0.538. The summed E-state index contributed by atoms with van der Waals surface area (Å²) in [4.78, 5) is 0. The smallest absolute Gasteiger partial charge is 0.161 e. The molecule has 0 aromatic heterocycles. The van der Waals surface area contributed by atoms with E-state index >= 15 is 0 Å². The van der Waals surface area contributed by atoms with Crippen molar-refractivity contribution >= 4 is 15.9 Å². The monoisotopic (exact) mass is 284 g/mol. The zero-order chi connectivity index (χ0) is 11.6. The average Bonchev–Trinajstić information content (AvgIpc) is 2.39. The fourth-order valence-corrected chi connectivity index (χ4v) is 2.13. The number of fused-ring (bicyclic) bond motifs is 1. The van der Waals surface area contributed by atoms with Gasteiger partial charge in [-0.2, -0.15) is 0 Å². The molecule has 0 spiro atoms. The largest absolute Gasteiger partial charge is 0.490 e. The Morgan fingerprint density at radius 2 is 1.88 bits per heavy atom. The van der Waals surface area contributed by atoms with Crippen LogP contribution in [-0.2, 0) is 6.42 Å². The van der Waals surface area contributed by atoms with Gasteiger partial charge in [-0.15, -0.1) is 0 Å². The summed E-state index contributed by atoms with van der Waals surface area (Å²) in [6, 6.07) is 6.20. The van der Waals surface area contributed by atoms with Crippen LogP contribution in [0, 0.1) is 0 Å². The lowest BCUT2D eigenvalue weighted by Crippen LogP contribution is -2.13. The molecule has 16 heavy (non-hydrogen) atoms. The van der Waals surface area contributed by atoms with E-state index in [4.69, 9.17) is 9.47 Å². The number of hydrogen-bond acceptors (Lipinski definition) is 2. The van der Waals surface area contributed by atoms with Crippen LogP contribution in [-0.4, -0.2) is 17.5 Å². The van der Waals surface area contributed by atoms with E-state index in [0.29, 0.717) is 0 Å². The maximum Gasteiger partial charge on any atom is 0.161 e. The van der Waals surface area contributed by atoms with Crippen LogP contribution in [0.5, 0.6) is 11.5 Å². The molecule has 1 aliphatic heterocycles. The molecule has 0 aliphatic carbocycles. The Balaban J connectivity index is 2.21. The second kappa shape index (κ2) is 4.66. The van der Waals surface area contributed by atoms with E-state index in [1.165, 1.54) is 5.56 Å². The Hall–Kier alpha value is -0.700. The molecule has 2 nitrogen and oxygen atoms in total. The van der Waals surface area contributed by atoms with Crippen LogP contribution in [0.25, 0.3) is 0 Å². The van der Waals surface area contributed by atoms with Crippen LogP contribution in [0.2, 0.25) is 0 Å². The zero-order valence-electron chi connectivity index (χ0n) is 9.75. The third-order valence-electron chi connectivity index (χ3n) is 2.44. The standard InChI is InChI=1S/C13H17BrO2/c1-13(2,14)9-10-4-5-11-12(8-10)16-7-3-6-15-11/h4-5,8H,3,6-7,9H2,1-2H3. The Labute approximate surface area is 105 Å². The first-order valence-electron chi connectivity index (χ1n) is 5.62. The fourth-order valence-electron chi connectivity index (χ4n) is 1.80. The molecular weight excluding hydrogens is 268 g/mol. The Morgan fingerprint density at radius 3 is 2.56 bits per heavy atom. The van der Waals surface area contributed by atoms with Crippen LogP contribution < -0.4 is 9.47 Å². The third-order valence-corrected chi connectivity index (χ3v) is 2.72. The lowest BCUT2D eigenvalue weighted by molar-refractivity contribution is 0.297. The number of alkyl halides is 1. The van der Waals surface area contributed by atoms with Gasteiger partial charge in [0.2, 0.25) is 0 Å². The van der Waals surface area contributed by atoms with Crippen LogP contribution >= 0.6 is 15.9 Å². The first kappa shape index (κ1) is 11.8. The third kappa shape index (κ3) is 3.14. The van der Waals surface area contributed by atoms with Crippen molar-refractivity contribution in [3.63, 3.8) is 0 Å². The maximum atomic E-state index is 5.66. The van der Waals surface area contributed by atoms with Gasteiger partial charge in [0.15, 0.2) is 11.5 Å². The SMILES string of the molecule is CC(C)(Br)Cc1ccc2c(c1)OCCCO2. The predicted octanol–water partition coefficient (Wildman–Crippen LogP) is 3.56. The normalized spacial score (nSPS) is 15.7. The van der Waals surface area contributed by atoms with Gasteiger partial charge in [-0.3, -0.25) is 0 Å². The lowest BCUT2D eigenvalue weighted by Gasteiger charge is -2.17. The molecule has 2 rings (SSSR count). The van der Waals surface area contributed by atoms with E-state index in [2.05, 4.69) is 41.9 Å². The molecule has 1 heterocycles. The number of rotatable bonds is 2. The van der Waals surface area contributed by atoms with Crippen molar-refractivity contribution in [3.8, 4) is 11.5 Å². The number of ether oxygens (including phenoxy) is 2. The van der Waals surface area contributed by atoms with Gasteiger partial charge in [-0.25, -0.2) is 0 Å². The minimum Gasteiger partial charge on any atom is -0.490 e. The van der Waals surface area contributed by atoms with Gasteiger partial charge < -0.3 is 9.47 Å². The quantitative estimate of drug-likeness (QED) is 0.773. The highest BCUT2D eigenvalue weighted by atomic mass is 79.9. The predicted molar refractivity (Wildman–Crippen MR) is 68.8 cm³/mol. The van der Waals surface area contributed by atoms with Crippen molar-refractivity contribution in [2.24, 2.45) is 0 Å². The van der Waals surface area contributed by atoms with Gasteiger partial charge in [0.25, 0.3) is 0 Å². The van der Waals surface area contributed by atoms with Crippen molar-refractivity contribution in [2.75, 3.05) is 13.2 Å². The summed E-state index contributed by atoms with van der Waals surface area (Å²) in [5.74, 6) is 1.75. The molecule has 0 fully saturated rings. The van der Waals surface area contributed by atoms with Crippen LogP contribution in [0.15, 0.2) is 18.2 Å². The molecule has 0 bridgehead atoms. The van der Waals surface area contributed by atoms with Gasteiger partial charge in [0, 0.05) is 10.7 Å². The van der Waals surface area contributed by atoms with Crippen LogP contribution in [0.1, 0.15) is 25.8 Å². The van der Waals surface area contributed by atoms with E-state index < -0.39 is 0 Å². The van der Waals surface area contributed by atoms with Gasteiger partial charge in [0.05, 0.1) is 13.2 Å². The minimum atomic E-state index is 0.118. The molecule has 0 N–H and O–H groups in total. The molecule has 0 saturated heterocycles. The molecule has 0 amide bonds. The molecule has 0 saturated carbocycles. The van der Waals surface area contributed by atoms with E-state index in [9.17, 15) is 0 Å². The Morgan fingerprint density at radius 1 is 1.19 bits per heavy atom. The molecule has 88 valence electrons. The summed E-state index contributed by atoms with van der Waals surface area (Å²) in [5.41, 5.74) is 1.27. The number of halogens is 1. The molecule has 3 heteroatoms. The van der Waals surface area contributed by atoms with Gasteiger partial charge >= 0.3 is 0 Å². The van der Waals surface area contributed by atoms with Gasteiger partial charge in [0.1, 0.15) is 0 Å². The molecule has 1 aliphatic rings. The summed E-state index contributed by atoms with van der Waals surface area (Å²) in [7, 11) is 0. The number of hydrogen-bond donors (Lipinski definition) is 0. The lowest BCUT2D eigenvalue weighted by atomic mass is 10.0. The average molecular weight is 285 g/mol. The van der Waals surface area contributed by atoms with E-state index in [-0.39, 0.29) is 4.32 Å². The van der Waals surface area contributed by atoms with Crippen LogP contribution in [0.4, 0.5) is 0 Å². The molecule has 0 radical (unpaired) electrons. The van der Waals surface area contributed by atoms with Gasteiger partial charge in [-0.05, 0) is 38.0 Å². The molecule has 1 aromatic carbocycles. The van der Waals surface area contributed by atoms with E-state index in [1.54, 1.807) is 0 Å². The highest BCUT2D eigenvalue weighted by Crippen LogP contribution is 2.32. The van der Waals surface area contributed by atoms with E-state index in [0.717, 1.165) is 37.6 Å². The van der Waals surface area contributed by atoms with Crippen molar-refractivity contribution in [3.05, 3.63) is 23.8 Å². The summed E-state index contributed by atoms with van der Waals surface area (Å²) in [5, 5.41) is 0. The summed E-state index contributed by atoms with van der Waals surface area (Å²) in [6.45, 7) is 5.82. The second-order valence-corrected chi connectivity index (χ2v) is 6.87. The Bertz CT molecular complexity index is 369. The molecule has 0 unspecified atom stereocenters. The minimum absolute atomic E-state index is 0.118. The summed E-state index contributed by atoms with van der Waals surface area (Å²) < 4.78 is 11.4. The molecule has 0 atom stereocenters. The van der Waals surface area contributed by atoms with Crippen molar-refractivity contribution in [2.45, 2.75) is 31.0 Å².